The minimum Gasteiger partial charge on any atom is -0.425 e. The van der Waals surface area contributed by atoms with E-state index in [1.807, 2.05) is 10.9 Å². The Balaban J connectivity index is 1.57. The molecular weight excluding hydrogens is 277 g/mol. The van der Waals surface area contributed by atoms with E-state index in [1.54, 1.807) is 0 Å². The third-order valence-corrected chi connectivity index (χ3v) is 5.54. The minimum absolute atomic E-state index is 0.0897. The van der Waals surface area contributed by atoms with E-state index in [2.05, 4.69) is 43.9 Å². The van der Waals surface area contributed by atoms with Gasteiger partial charge in [0.1, 0.15) is 0 Å². The van der Waals surface area contributed by atoms with Crippen LogP contribution in [0.3, 0.4) is 0 Å². The normalized spacial score (nSPS) is 24.8. The van der Waals surface area contributed by atoms with Crippen LogP contribution in [0.25, 0.3) is 0 Å². The standard InChI is InChI=1S/C16H28BN3O2/c1-15(2)13-17(22-16(15,3)4)14-11-18-20(12-14)6-5-19-7-9-21-10-8-19/h11-12H,5-10,13H2,1-4H3. The van der Waals surface area contributed by atoms with Gasteiger partial charge in [0.15, 0.2) is 0 Å². The second kappa shape index (κ2) is 5.98. The maximum absolute atomic E-state index is 6.28. The van der Waals surface area contributed by atoms with E-state index >= 15 is 0 Å². The van der Waals surface area contributed by atoms with E-state index in [9.17, 15) is 0 Å². The van der Waals surface area contributed by atoms with Crippen molar-refractivity contribution in [3.8, 4) is 0 Å². The molecule has 1 aromatic heterocycles. The molecular formula is C16H28BN3O2. The fraction of sp³-hybridized carbons (Fsp3) is 0.812. The summed E-state index contributed by atoms with van der Waals surface area (Å²) in [6.07, 6.45) is 5.18. The van der Waals surface area contributed by atoms with Gasteiger partial charge in [0.05, 0.1) is 25.4 Å². The molecule has 3 heterocycles. The van der Waals surface area contributed by atoms with Crippen LogP contribution in [-0.2, 0) is 15.9 Å². The molecule has 0 bridgehead atoms. The summed E-state index contributed by atoms with van der Waals surface area (Å²) in [5.41, 5.74) is 1.31. The first-order chi connectivity index (χ1) is 10.4. The average Bonchev–Trinajstić information content (AvgIpc) is 3.01. The molecule has 2 fully saturated rings. The maximum atomic E-state index is 6.28. The Hall–Kier alpha value is -0.845. The molecule has 0 unspecified atom stereocenters. The van der Waals surface area contributed by atoms with E-state index < -0.39 is 0 Å². The van der Waals surface area contributed by atoms with Crippen LogP contribution < -0.4 is 5.46 Å². The number of nitrogens with zero attached hydrogens (tertiary/aromatic N) is 3. The summed E-state index contributed by atoms with van der Waals surface area (Å²) in [5.74, 6) is 0. The van der Waals surface area contributed by atoms with E-state index in [4.69, 9.17) is 9.39 Å². The fourth-order valence-corrected chi connectivity index (χ4v) is 3.19. The van der Waals surface area contributed by atoms with Gasteiger partial charge < -0.3 is 9.39 Å². The average molecular weight is 305 g/mol. The summed E-state index contributed by atoms with van der Waals surface area (Å²) in [5, 5.41) is 4.52. The maximum Gasteiger partial charge on any atom is 0.331 e. The van der Waals surface area contributed by atoms with Crippen molar-refractivity contribution in [3.05, 3.63) is 12.4 Å². The highest BCUT2D eigenvalue weighted by Crippen LogP contribution is 2.44. The van der Waals surface area contributed by atoms with Crippen molar-refractivity contribution in [2.75, 3.05) is 32.8 Å². The molecule has 0 saturated carbocycles. The lowest BCUT2D eigenvalue weighted by Gasteiger charge is -2.34. The van der Waals surface area contributed by atoms with Crippen LogP contribution >= 0.6 is 0 Å². The van der Waals surface area contributed by atoms with Gasteiger partial charge >= 0.3 is 6.92 Å². The smallest absolute Gasteiger partial charge is 0.331 e. The Bertz CT molecular complexity index is 493. The lowest BCUT2D eigenvalue weighted by molar-refractivity contribution is 0.0359. The lowest BCUT2D eigenvalue weighted by atomic mass is 9.55. The molecule has 0 spiro atoms. The Labute approximate surface area is 134 Å². The lowest BCUT2D eigenvalue weighted by Crippen LogP contribution is -2.38. The first-order valence-electron chi connectivity index (χ1n) is 8.38. The minimum atomic E-state index is -0.0897. The second-order valence-corrected chi connectivity index (χ2v) is 7.70. The number of aromatic nitrogens is 2. The molecule has 1 aromatic rings. The SMILES string of the molecule is CC1(C)CB(c2cnn(CCN3CCOCC3)c2)OC1(C)C. The Morgan fingerprint density at radius 2 is 1.91 bits per heavy atom. The zero-order chi connectivity index (χ0) is 15.8. The van der Waals surface area contributed by atoms with E-state index in [0.717, 1.165) is 45.7 Å². The highest BCUT2D eigenvalue weighted by atomic mass is 16.5. The molecule has 2 aliphatic heterocycles. The van der Waals surface area contributed by atoms with Crippen LogP contribution in [0, 0.1) is 5.41 Å². The summed E-state index contributed by atoms with van der Waals surface area (Å²) in [6.45, 7) is 14.9. The molecule has 2 saturated heterocycles. The fourth-order valence-electron chi connectivity index (χ4n) is 3.19. The molecule has 0 aromatic carbocycles. The summed E-state index contributed by atoms with van der Waals surface area (Å²) >= 11 is 0. The molecule has 2 aliphatic rings. The highest BCUT2D eigenvalue weighted by Gasteiger charge is 2.50. The molecule has 0 radical (unpaired) electrons. The van der Waals surface area contributed by atoms with Crippen LogP contribution in [0.15, 0.2) is 12.4 Å². The van der Waals surface area contributed by atoms with Crippen LogP contribution in [0.1, 0.15) is 27.7 Å². The number of hydrogen-bond acceptors (Lipinski definition) is 4. The number of morpholine rings is 1. The predicted molar refractivity (Wildman–Crippen MR) is 88.6 cm³/mol. The van der Waals surface area contributed by atoms with Crippen molar-refractivity contribution in [2.45, 2.75) is 46.2 Å². The van der Waals surface area contributed by atoms with Gasteiger partial charge in [-0.15, -0.1) is 0 Å². The molecule has 0 atom stereocenters. The monoisotopic (exact) mass is 305 g/mol. The molecule has 0 aliphatic carbocycles. The number of hydrogen-bond donors (Lipinski definition) is 0. The van der Waals surface area contributed by atoms with E-state index in [0.29, 0.717) is 0 Å². The Kier molecular flexibility index (Phi) is 4.36. The zero-order valence-corrected chi connectivity index (χ0v) is 14.3. The number of ether oxygens (including phenoxy) is 1. The predicted octanol–water partition coefficient (Wildman–Crippen LogP) is 1.25. The molecule has 5 nitrogen and oxygen atoms in total. The van der Waals surface area contributed by atoms with Gasteiger partial charge in [-0.25, -0.2) is 0 Å². The highest BCUT2D eigenvalue weighted by molar-refractivity contribution is 6.68. The summed E-state index contributed by atoms with van der Waals surface area (Å²) in [6, 6.07) is 0. The topological polar surface area (TPSA) is 39.5 Å². The van der Waals surface area contributed by atoms with E-state index in [-0.39, 0.29) is 17.9 Å². The van der Waals surface area contributed by atoms with Gasteiger partial charge in [0.25, 0.3) is 0 Å². The van der Waals surface area contributed by atoms with Gasteiger partial charge in [0, 0.05) is 32.0 Å². The summed E-state index contributed by atoms with van der Waals surface area (Å²) < 4.78 is 13.7. The van der Waals surface area contributed by atoms with Crippen molar-refractivity contribution in [2.24, 2.45) is 5.41 Å². The first-order valence-corrected chi connectivity index (χ1v) is 8.38. The summed E-state index contributed by atoms with van der Waals surface area (Å²) in [4.78, 5) is 2.43. The van der Waals surface area contributed by atoms with Crippen LogP contribution in [0.4, 0.5) is 0 Å². The van der Waals surface area contributed by atoms with Crippen molar-refractivity contribution in [1.29, 1.82) is 0 Å². The summed E-state index contributed by atoms with van der Waals surface area (Å²) in [7, 11) is 0. The largest absolute Gasteiger partial charge is 0.425 e. The molecule has 6 heteroatoms. The van der Waals surface area contributed by atoms with E-state index in [1.165, 1.54) is 5.46 Å². The van der Waals surface area contributed by atoms with Crippen LogP contribution in [0.5, 0.6) is 0 Å². The van der Waals surface area contributed by atoms with Crippen molar-refractivity contribution >= 4 is 12.4 Å². The zero-order valence-electron chi connectivity index (χ0n) is 14.3. The van der Waals surface area contributed by atoms with Gasteiger partial charge in [-0.05, 0) is 31.0 Å². The quantitative estimate of drug-likeness (QED) is 0.785. The third kappa shape index (κ3) is 3.24. The first kappa shape index (κ1) is 16.0. The van der Waals surface area contributed by atoms with Crippen molar-refractivity contribution in [1.82, 2.24) is 14.7 Å². The van der Waals surface area contributed by atoms with Gasteiger partial charge in [-0.3, -0.25) is 9.58 Å². The van der Waals surface area contributed by atoms with Crippen LogP contribution in [0.2, 0.25) is 6.32 Å². The molecule has 122 valence electrons. The van der Waals surface area contributed by atoms with Crippen molar-refractivity contribution in [3.63, 3.8) is 0 Å². The molecule has 0 amide bonds. The van der Waals surface area contributed by atoms with Gasteiger partial charge in [0.2, 0.25) is 0 Å². The number of rotatable bonds is 4. The third-order valence-electron chi connectivity index (χ3n) is 5.54. The van der Waals surface area contributed by atoms with Gasteiger partial charge in [-0.1, -0.05) is 13.8 Å². The van der Waals surface area contributed by atoms with Crippen LogP contribution in [-0.4, -0.2) is 60.0 Å². The Morgan fingerprint density at radius 1 is 1.18 bits per heavy atom. The Morgan fingerprint density at radius 3 is 2.55 bits per heavy atom. The molecule has 3 rings (SSSR count). The van der Waals surface area contributed by atoms with Crippen molar-refractivity contribution < 1.29 is 9.39 Å². The molecule has 22 heavy (non-hydrogen) atoms. The second-order valence-electron chi connectivity index (χ2n) is 7.70. The molecule has 0 N–H and O–H groups in total. The van der Waals surface area contributed by atoms with Gasteiger partial charge in [-0.2, -0.15) is 5.10 Å².